The highest BCUT2D eigenvalue weighted by Gasteiger charge is 2.16. The van der Waals surface area contributed by atoms with Crippen LogP contribution in [-0.2, 0) is 0 Å². The highest BCUT2D eigenvalue weighted by Crippen LogP contribution is 2.37. The summed E-state index contributed by atoms with van der Waals surface area (Å²) in [6, 6.07) is 16.4. The minimum atomic E-state index is 0.862. The molecule has 0 atom stereocenters. The van der Waals surface area contributed by atoms with Gasteiger partial charge in [-0.25, -0.2) is 0 Å². The third-order valence-electron chi connectivity index (χ3n) is 3.58. The molecule has 1 aliphatic rings. The van der Waals surface area contributed by atoms with Gasteiger partial charge in [0.25, 0.3) is 0 Å². The van der Waals surface area contributed by atoms with E-state index in [0.29, 0.717) is 0 Å². The van der Waals surface area contributed by atoms with Crippen molar-refractivity contribution in [3.05, 3.63) is 72.3 Å². The molecular weight excluding hydrogens is 258 g/mol. The van der Waals surface area contributed by atoms with Crippen LogP contribution in [0.25, 0.3) is 11.6 Å². The van der Waals surface area contributed by atoms with Gasteiger partial charge in [-0.3, -0.25) is 4.90 Å². The first-order chi connectivity index (χ1) is 10.3. The number of rotatable bonds is 4. The molecule has 0 amide bonds. The van der Waals surface area contributed by atoms with Crippen molar-refractivity contribution in [2.24, 2.45) is 0 Å². The molecule has 0 saturated heterocycles. The molecular formula is C19H19NO. The van der Waals surface area contributed by atoms with Crippen LogP contribution in [0.1, 0.15) is 11.1 Å². The predicted molar refractivity (Wildman–Crippen MR) is 88.5 cm³/mol. The fourth-order valence-electron chi connectivity index (χ4n) is 2.60. The summed E-state index contributed by atoms with van der Waals surface area (Å²) in [5.41, 5.74) is 3.54. The molecule has 2 heteroatoms. The van der Waals surface area contributed by atoms with E-state index in [1.807, 2.05) is 36.4 Å². The molecule has 2 aromatic carbocycles. The lowest BCUT2D eigenvalue weighted by Crippen LogP contribution is -2.20. The monoisotopic (exact) mass is 277 g/mol. The summed E-state index contributed by atoms with van der Waals surface area (Å²) in [4.78, 5) is 2.24. The van der Waals surface area contributed by atoms with E-state index in [1.54, 1.807) is 0 Å². The second kappa shape index (κ2) is 5.98. The van der Waals surface area contributed by atoms with Crippen molar-refractivity contribution in [1.82, 2.24) is 4.90 Å². The van der Waals surface area contributed by atoms with E-state index in [4.69, 9.17) is 4.74 Å². The summed E-state index contributed by atoms with van der Waals surface area (Å²) in [7, 11) is 2.10. The quantitative estimate of drug-likeness (QED) is 0.765. The third kappa shape index (κ3) is 2.91. The highest BCUT2D eigenvalue weighted by atomic mass is 16.5. The van der Waals surface area contributed by atoms with Gasteiger partial charge in [-0.1, -0.05) is 42.5 Å². The Morgan fingerprint density at radius 1 is 1.05 bits per heavy atom. The molecule has 0 aromatic heterocycles. The van der Waals surface area contributed by atoms with Crippen molar-refractivity contribution in [2.75, 3.05) is 20.1 Å². The zero-order valence-corrected chi connectivity index (χ0v) is 12.3. The molecule has 1 heterocycles. The van der Waals surface area contributed by atoms with Gasteiger partial charge in [-0.15, -0.1) is 6.58 Å². The Hall–Kier alpha value is -2.32. The van der Waals surface area contributed by atoms with Gasteiger partial charge in [0, 0.05) is 24.2 Å². The van der Waals surface area contributed by atoms with Gasteiger partial charge >= 0.3 is 0 Å². The molecule has 0 aliphatic carbocycles. The Labute approximate surface area is 126 Å². The van der Waals surface area contributed by atoms with Gasteiger partial charge in [-0.05, 0) is 30.8 Å². The van der Waals surface area contributed by atoms with Crippen LogP contribution in [0.5, 0.6) is 11.5 Å². The molecule has 106 valence electrons. The van der Waals surface area contributed by atoms with Crippen LogP contribution in [0.15, 0.2) is 61.2 Å². The van der Waals surface area contributed by atoms with Crippen molar-refractivity contribution in [2.45, 2.75) is 0 Å². The van der Waals surface area contributed by atoms with Crippen LogP contribution >= 0.6 is 0 Å². The average Bonchev–Trinajstić information content (AvgIpc) is 2.64. The second-order valence-corrected chi connectivity index (χ2v) is 5.29. The molecule has 2 nitrogen and oxygen atoms in total. The number of hydrogen-bond donors (Lipinski definition) is 0. The van der Waals surface area contributed by atoms with Crippen molar-refractivity contribution < 1.29 is 4.74 Å². The standard InChI is InChI=1S/C19H19NO/c1-3-12-20(2)14-16-13-15-8-4-6-10-18(15)21-19-11-7-5-9-17(16)19/h3-11,13H,1,12,14H2,2H3. The van der Waals surface area contributed by atoms with Crippen molar-refractivity contribution in [3.63, 3.8) is 0 Å². The first-order valence-electron chi connectivity index (χ1n) is 7.14. The lowest BCUT2D eigenvalue weighted by atomic mass is 10.0. The van der Waals surface area contributed by atoms with Gasteiger partial charge in [0.1, 0.15) is 11.5 Å². The van der Waals surface area contributed by atoms with Gasteiger partial charge in [-0.2, -0.15) is 0 Å². The maximum absolute atomic E-state index is 6.08. The van der Waals surface area contributed by atoms with Crippen LogP contribution in [0.3, 0.4) is 0 Å². The fourth-order valence-corrected chi connectivity index (χ4v) is 2.60. The topological polar surface area (TPSA) is 12.5 Å². The van der Waals surface area contributed by atoms with E-state index in [1.165, 1.54) is 5.57 Å². The van der Waals surface area contributed by atoms with Gasteiger partial charge in [0.2, 0.25) is 0 Å². The average molecular weight is 277 g/mol. The predicted octanol–water partition coefficient (Wildman–Crippen LogP) is 4.45. The maximum Gasteiger partial charge on any atom is 0.135 e. The van der Waals surface area contributed by atoms with Crippen molar-refractivity contribution >= 4 is 11.6 Å². The minimum absolute atomic E-state index is 0.862. The number of hydrogen-bond acceptors (Lipinski definition) is 2. The lowest BCUT2D eigenvalue weighted by Gasteiger charge is -2.17. The summed E-state index contributed by atoms with van der Waals surface area (Å²) < 4.78 is 6.08. The normalized spacial score (nSPS) is 12.8. The maximum atomic E-state index is 6.08. The Morgan fingerprint density at radius 2 is 1.76 bits per heavy atom. The van der Waals surface area contributed by atoms with Crippen molar-refractivity contribution in [3.8, 4) is 11.5 Å². The molecule has 0 unspecified atom stereocenters. The largest absolute Gasteiger partial charge is 0.456 e. The van der Waals surface area contributed by atoms with Gasteiger partial charge in [0.15, 0.2) is 0 Å². The van der Waals surface area contributed by atoms with E-state index < -0.39 is 0 Å². The lowest BCUT2D eigenvalue weighted by molar-refractivity contribution is 0.418. The van der Waals surface area contributed by atoms with Gasteiger partial charge < -0.3 is 4.74 Å². The highest BCUT2D eigenvalue weighted by molar-refractivity contribution is 5.87. The molecule has 0 spiro atoms. The van der Waals surface area contributed by atoms with Crippen LogP contribution in [-0.4, -0.2) is 25.0 Å². The molecule has 21 heavy (non-hydrogen) atoms. The Bertz CT molecular complexity index is 687. The summed E-state index contributed by atoms with van der Waals surface area (Å²) in [5.74, 6) is 1.83. The Morgan fingerprint density at radius 3 is 2.57 bits per heavy atom. The molecule has 0 fully saturated rings. The second-order valence-electron chi connectivity index (χ2n) is 5.29. The van der Waals surface area contributed by atoms with Crippen molar-refractivity contribution in [1.29, 1.82) is 0 Å². The van der Waals surface area contributed by atoms with E-state index in [-0.39, 0.29) is 0 Å². The van der Waals surface area contributed by atoms with E-state index >= 15 is 0 Å². The molecule has 0 saturated carbocycles. The first-order valence-corrected chi connectivity index (χ1v) is 7.14. The number of ether oxygens (including phenoxy) is 1. The molecule has 0 radical (unpaired) electrons. The molecule has 2 aromatic rings. The molecule has 3 rings (SSSR count). The number of likely N-dealkylation sites (N-methyl/N-ethyl adjacent to an activating group) is 1. The van der Waals surface area contributed by atoms with E-state index in [9.17, 15) is 0 Å². The SMILES string of the molecule is C=CCN(C)CC1=Cc2ccccc2Oc2ccccc21. The molecule has 1 aliphatic heterocycles. The first kappa shape index (κ1) is 13.7. The van der Waals surface area contributed by atoms with Crippen LogP contribution < -0.4 is 4.74 Å². The number of fused-ring (bicyclic) bond motifs is 2. The third-order valence-corrected chi connectivity index (χ3v) is 3.58. The number of nitrogens with zero attached hydrogens (tertiary/aromatic N) is 1. The summed E-state index contributed by atoms with van der Waals surface area (Å²) >= 11 is 0. The zero-order chi connectivity index (χ0) is 14.7. The van der Waals surface area contributed by atoms with Gasteiger partial charge in [0.05, 0.1) is 0 Å². The minimum Gasteiger partial charge on any atom is -0.456 e. The fraction of sp³-hybridized carbons (Fsp3) is 0.158. The Kier molecular flexibility index (Phi) is 3.89. The van der Waals surface area contributed by atoms with Crippen LogP contribution in [0, 0.1) is 0 Å². The molecule has 0 N–H and O–H groups in total. The number of para-hydroxylation sites is 2. The number of benzene rings is 2. The summed E-state index contributed by atoms with van der Waals surface area (Å²) in [6.07, 6.45) is 4.15. The van der Waals surface area contributed by atoms with E-state index in [0.717, 1.165) is 35.7 Å². The summed E-state index contributed by atoms with van der Waals surface area (Å²) in [5, 5.41) is 0. The Balaban J connectivity index is 2.06. The van der Waals surface area contributed by atoms with Crippen LogP contribution in [0.2, 0.25) is 0 Å². The summed E-state index contributed by atoms with van der Waals surface area (Å²) in [6.45, 7) is 5.53. The smallest absolute Gasteiger partial charge is 0.135 e. The van der Waals surface area contributed by atoms with E-state index in [2.05, 4.69) is 42.8 Å². The van der Waals surface area contributed by atoms with Crippen LogP contribution in [0.4, 0.5) is 0 Å². The zero-order valence-electron chi connectivity index (χ0n) is 12.3. The molecule has 0 bridgehead atoms.